The first-order valence-corrected chi connectivity index (χ1v) is 33.1. The van der Waals surface area contributed by atoms with Crippen LogP contribution in [0.5, 0.6) is 0 Å². The summed E-state index contributed by atoms with van der Waals surface area (Å²) >= 11 is 0. The predicted molar refractivity (Wildman–Crippen MR) is 334 cm³/mol. The number of esters is 3. The summed E-state index contributed by atoms with van der Waals surface area (Å²) in [6.45, 7) is 6.55. The molecule has 0 aromatic carbocycles. The average molecular weight is 1070 g/mol. The van der Waals surface area contributed by atoms with Crippen molar-refractivity contribution in [3.63, 3.8) is 0 Å². The first kappa shape index (κ1) is 73.6. The van der Waals surface area contributed by atoms with E-state index in [4.69, 9.17) is 14.2 Å². The minimum Gasteiger partial charge on any atom is -0.462 e. The van der Waals surface area contributed by atoms with Gasteiger partial charge in [-0.2, -0.15) is 0 Å². The molecule has 0 saturated heterocycles. The smallest absolute Gasteiger partial charge is 0.306 e. The summed E-state index contributed by atoms with van der Waals surface area (Å²) in [6, 6.07) is 0. The standard InChI is InChI=1S/C71H124O6/c1-4-7-10-13-16-19-22-24-26-27-28-29-30-31-32-33-34-35-36-37-38-39-40-41-42-43-45-46-49-52-55-58-61-64-70(73)76-67-68(66-75-69(72)63-60-57-54-51-48-21-18-15-12-9-6-3)77-71(74)65-62-59-56-53-50-47-44-25-23-20-17-14-11-8-5-2/h7,10,16,19,24,26,28-29,31-32,34-35,37-38,68H,4-6,8-9,11-15,17-18,20-23,25,27,30,33,36,39-67H2,1-3H3/b10-7-,19-16-,26-24-,29-28-,32-31-,35-34-,38-37-. The van der Waals surface area contributed by atoms with Crippen LogP contribution < -0.4 is 0 Å². The van der Waals surface area contributed by atoms with E-state index in [9.17, 15) is 14.4 Å². The molecule has 0 fully saturated rings. The summed E-state index contributed by atoms with van der Waals surface area (Å²) in [7, 11) is 0. The summed E-state index contributed by atoms with van der Waals surface area (Å²) in [4.78, 5) is 38.2. The summed E-state index contributed by atoms with van der Waals surface area (Å²) < 4.78 is 16.9. The van der Waals surface area contributed by atoms with Gasteiger partial charge in [-0.05, 0) is 77.0 Å². The fourth-order valence-corrected chi connectivity index (χ4v) is 9.48. The lowest BCUT2D eigenvalue weighted by Crippen LogP contribution is -2.30. The van der Waals surface area contributed by atoms with E-state index < -0.39 is 6.10 Å². The third kappa shape index (κ3) is 63.3. The largest absolute Gasteiger partial charge is 0.462 e. The molecule has 0 rings (SSSR count). The second-order valence-corrected chi connectivity index (χ2v) is 22.0. The molecule has 0 aliphatic heterocycles. The molecule has 0 radical (unpaired) electrons. The van der Waals surface area contributed by atoms with Crippen LogP contribution in [0.3, 0.4) is 0 Å². The Kier molecular flexibility index (Phi) is 62.2. The number of hydrogen-bond acceptors (Lipinski definition) is 6. The van der Waals surface area contributed by atoms with Gasteiger partial charge in [0.25, 0.3) is 0 Å². The molecular weight excluding hydrogens is 949 g/mol. The molecule has 444 valence electrons. The van der Waals surface area contributed by atoms with Gasteiger partial charge < -0.3 is 14.2 Å². The van der Waals surface area contributed by atoms with Crippen LogP contribution in [0.4, 0.5) is 0 Å². The molecule has 0 amide bonds. The van der Waals surface area contributed by atoms with Gasteiger partial charge in [0.15, 0.2) is 6.10 Å². The highest BCUT2D eigenvalue weighted by Crippen LogP contribution is 2.17. The van der Waals surface area contributed by atoms with Gasteiger partial charge in [-0.1, -0.05) is 318 Å². The van der Waals surface area contributed by atoms with Gasteiger partial charge in [0.05, 0.1) is 0 Å². The van der Waals surface area contributed by atoms with Crippen LogP contribution in [0.15, 0.2) is 85.1 Å². The molecule has 0 N–H and O–H groups in total. The van der Waals surface area contributed by atoms with Gasteiger partial charge in [-0.25, -0.2) is 0 Å². The SMILES string of the molecule is CC/C=C\C/C=C\C/C=C\C/C=C\C/C=C\C/C=C\C/C=C\CCCCCCCCCCCCCC(=O)OCC(COC(=O)CCCCCCCCCCCCC)OC(=O)CCCCCCCCCCCCCCCCC. The fourth-order valence-electron chi connectivity index (χ4n) is 9.48. The Morgan fingerprint density at radius 1 is 0.273 bits per heavy atom. The monoisotopic (exact) mass is 1070 g/mol. The van der Waals surface area contributed by atoms with Crippen molar-refractivity contribution in [2.45, 2.75) is 335 Å². The number of carbonyl (C=O) groups is 3. The van der Waals surface area contributed by atoms with E-state index in [1.807, 2.05) is 0 Å². The minimum atomic E-state index is -0.773. The van der Waals surface area contributed by atoms with E-state index in [2.05, 4.69) is 106 Å². The molecule has 6 nitrogen and oxygen atoms in total. The highest BCUT2D eigenvalue weighted by molar-refractivity contribution is 5.71. The lowest BCUT2D eigenvalue weighted by molar-refractivity contribution is -0.167. The maximum Gasteiger partial charge on any atom is 0.306 e. The van der Waals surface area contributed by atoms with Crippen LogP contribution in [0.2, 0.25) is 0 Å². The average Bonchev–Trinajstić information content (AvgIpc) is 3.43. The van der Waals surface area contributed by atoms with E-state index >= 15 is 0 Å². The Bertz CT molecular complexity index is 1470. The molecule has 0 saturated carbocycles. The van der Waals surface area contributed by atoms with E-state index in [-0.39, 0.29) is 31.1 Å². The molecule has 1 unspecified atom stereocenters. The molecule has 77 heavy (non-hydrogen) atoms. The topological polar surface area (TPSA) is 78.9 Å². The van der Waals surface area contributed by atoms with Crippen LogP contribution in [0.25, 0.3) is 0 Å². The predicted octanol–water partition coefficient (Wildman–Crippen LogP) is 22.7. The Morgan fingerprint density at radius 3 is 0.792 bits per heavy atom. The van der Waals surface area contributed by atoms with Crippen LogP contribution in [0.1, 0.15) is 329 Å². The van der Waals surface area contributed by atoms with Crippen molar-refractivity contribution >= 4 is 17.9 Å². The van der Waals surface area contributed by atoms with Gasteiger partial charge in [0.2, 0.25) is 0 Å². The van der Waals surface area contributed by atoms with Gasteiger partial charge in [-0.15, -0.1) is 0 Å². The van der Waals surface area contributed by atoms with Crippen LogP contribution in [0, 0.1) is 0 Å². The van der Waals surface area contributed by atoms with Crippen molar-refractivity contribution < 1.29 is 28.6 Å². The molecule has 1 atom stereocenters. The third-order valence-corrected chi connectivity index (χ3v) is 14.4. The van der Waals surface area contributed by atoms with Gasteiger partial charge >= 0.3 is 17.9 Å². The Labute approximate surface area is 477 Å². The van der Waals surface area contributed by atoms with E-state index in [1.165, 1.54) is 186 Å². The molecule has 0 spiro atoms. The van der Waals surface area contributed by atoms with Crippen LogP contribution in [-0.4, -0.2) is 37.2 Å². The molecule has 0 aromatic rings. The zero-order chi connectivity index (χ0) is 55.7. The highest BCUT2D eigenvalue weighted by Gasteiger charge is 2.19. The Morgan fingerprint density at radius 2 is 0.506 bits per heavy atom. The summed E-state index contributed by atoms with van der Waals surface area (Å²) in [5, 5.41) is 0. The second kappa shape index (κ2) is 65.1. The van der Waals surface area contributed by atoms with E-state index in [1.54, 1.807) is 0 Å². The number of carbonyl (C=O) groups excluding carboxylic acids is 3. The number of hydrogen-bond donors (Lipinski definition) is 0. The summed E-state index contributed by atoms with van der Waals surface area (Å²) in [5.41, 5.74) is 0. The maximum atomic E-state index is 12.9. The molecule has 0 heterocycles. The second-order valence-electron chi connectivity index (χ2n) is 22.0. The Balaban J connectivity index is 4.16. The molecular formula is C71H124O6. The molecule has 0 aliphatic carbocycles. The Hall–Kier alpha value is -3.41. The maximum absolute atomic E-state index is 12.9. The van der Waals surface area contributed by atoms with Crippen LogP contribution in [-0.2, 0) is 28.6 Å². The van der Waals surface area contributed by atoms with Crippen LogP contribution >= 0.6 is 0 Å². The van der Waals surface area contributed by atoms with Crippen molar-refractivity contribution in [3.8, 4) is 0 Å². The lowest BCUT2D eigenvalue weighted by atomic mass is 10.0. The number of unbranched alkanes of at least 4 members (excludes halogenated alkanes) is 35. The lowest BCUT2D eigenvalue weighted by Gasteiger charge is -2.18. The summed E-state index contributed by atoms with van der Waals surface area (Å²) in [5.74, 6) is -0.858. The van der Waals surface area contributed by atoms with Crippen molar-refractivity contribution in [2.24, 2.45) is 0 Å². The first-order chi connectivity index (χ1) is 38.0. The fraction of sp³-hybridized carbons (Fsp3) is 0.761. The van der Waals surface area contributed by atoms with E-state index in [0.717, 1.165) is 103 Å². The number of allylic oxidation sites excluding steroid dienone is 14. The van der Waals surface area contributed by atoms with Crippen molar-refractivity contribution in [1.29, 1.82) is 0 Å². The highest BCUT2D eigenvalue weighted by atomic mass is 16.6. The molecule has 0 bridgehead atoms. The van der Waals surface area contributed by atoms with Crippen molar-refractivity contribution in [2.75, 3.05) is 13.2 Å². The third-order valence-electron chi connectivity index (χ3n) is 14.4. The zero-order valence-corrected chi connectivity index (χ0v) is 51.0. The van der Waals surface area contributed by atoms with Gasteiger partial charge in [-0.3, -0.25) is 14.4 Å². The number of ether oxygens (including phenoxy) is 3. The number of rotatable bonds is 60. The van der Waals surface area contributed by atoms with Gasteiger partial charge in [0.1, 0.15) is 13.2 Å². The van der Waals surface area contributed by atoms with Crippen molar-refractivity contribution in [1.82, 2.24) is 0 Å². The normalized spacial score (nSPS) is 12.6. The zero-order valence-electron chi connectivity index (χ0n) is 51.0. The molecule has 6 heteroatoms. The molecule has 0 aliphatic rings. The minimum absolute atomic E-state index is 0.0710. The first-order valence-electron chi connectivity index (χ1n) is 33.1. The van der Waals surface area contributed by atoms with Crippen molar-refractivity contribution in [3.05, 3.63) is 85.1 Å². The van der Waals surface area contributed by atoms with E-state index in [0.29, 0.717) is 19.3 Å². The summed E-state index contributed by atoms with van der Waals surface area (Å²) in [6.07, 6.45) is 86.0. The quantitative estimate of drug-likeness (QED) is 0.0261. The van der Waals surface area contributed by atoms with Gasteiger partial charge in [0, 0.05) is 19.3 Å². The molecule has 0 aromatic heterocycles.